The molecular formula is C9H12ClNS. The van der Waals surface area contributed by atoms with Gasteiger partial charge in [-0.2, -0.15) is 0 Å². The number of hydrogen-bond acceptors (Lipinski definition) is 2. The molecule has 1 aromatic rings. The van der Waals surface area contributed by atoms with Gasteiger partial charge in [-0.3, -0.25) is 0 Å². The molecule has 0 saturated heterocycles. The van der Waals surface area contributed by atoms with E-state index in [4.69, 9.17) is 11.6 Å². The average Bonchev–Trinajstić information content (AvgIpc) is 2.57. The van der Waals surface area contributed by atoms with Crippen LogP contribution in [0.15, 0.2) is 11.4 Å². The first kappa shape index (κ1) is 8.39. The predicted molar refractivity (Wildman–Crippen MR) is 55.1 cm³/mol. The van der Waals surface area contributed by atoms with Crippen molar-refractivity contribution in [2.75, 3.05) is 11.9 Å². The van der Waals surface area contributed by atoms with Crippen molar-refractivity contribution in [1.82, 2.24) is 0 Å². The zero-order chi connectivity index (χ0) is 8.55. The first-order valence-electron chi connectivity index (χ1n) is 4.24. The molecule has 1 aromatic heterocycles. The number of halogens is 1. The summed E-state index contributed by atoms with van der Waals surface area (Å²) >= 11 is 7.52. The Labute approximate surface area is 81.7 Å². The Morgan fingerprint density at radius 3 is 3.00 bits per heavy atom. The fourth-order valence-corrected chi connectivity index (χ4v) is 2.22. The molecular weight excluding hydrogens is 190 g/mol. The number of thiophene rings is 1. The smallest absolute Gasteiger partial charge is 0.116 e. The molecule has 1 nitrogen and oxygen atoms in total. The van der Waals surface area contributed by atoms with Gasteiger partial charge in [0, 0.05) is 6.54 Å². The molecule has 1 aliphatic carbocycles. The van der Waals surface area contributed by atoms with E-state index in [1.807, 2.05) is 11.4 Å². The molecule has 1 aliphatic rings. The van der Waals surface area contributed by atoms with Crippen molar-refractivity contribution >= 4 is 28.6 Å². The summed E-state index contributed by atoms with van der Waals surface area (Å²) < 4.78 is 0.878. The lowest BCUT2D eigenvalue weighted by molar-refractivity contribution is 0.787. The van der Waals surface area contributed by atoms with E-state index in [1.54, 1.807) is 11.3 Å². The summed E-state index contributed by atoms with van der Waals surface area (Å²) in [6, 6.07) is 2.04. The molecule has 0 bridgehead atoms. The Morgan fingerprint density at radius 2 is 2.50 bits per heavy atom. The number of nitrogens with one attached hydrogen (secondary N) is 1. The summed E-state index contributed by atoms with van der Waals surface area (Å²) in [6.45, 7) is 3.37. The highest BCUT2D eigenvalue weighted by Crippen LogP contribution is 2.38. The first-order valence-corrected chi connectivity index (χ1v) is 5.50. The minimum absolute atomic E-state index is 0.876. The molecule has 0 aliphatic heterocycles. The molecule has 1 heterocycles. The van der Waals surface area contributed by atoms with Crippen LogP contribution >= 0.6 is 22.9 Å². The second-order valence-electron chi connectivity index (χ2n) is 3.46. The SMILES string of the molecule is CC1CC1CNc1ccsc1Cl. The minimum atomic E-state index is 0.876. The van der Waals surface area contributed by atoms with Gasteiger partial charge in [-0.1, -0.05) is 18.5 Å². The fourth-order valence-electron chi connectivity index (χ4n) is 1.34. The van der Waals surface area contributed by atoms with Crippen molar-refractivity contribution in [3.63, 3.8) is 0 Å². The van der Waals surface area contributed by atoms with Crippen molar-refractivity contribution in [2.24, 2.45) is 11.8 Å². The van der Waals surface area contributed by atoms with E-state index in [9.17, 15) is 0 Å². The molecule has 2 unspecified atom stereocenters. The van der Waals surface area contributed by atoms with Gasteiger partial charge in [0.05, 0.1) is 5.69 Å². The molecule has 1 saturated carbocycles. The topological polar surface area (TPSA) is 12.0 Å². The molecule has 66 valence electrons. The van der Waals surface area contributed by atoms with Gasteiger partial charge in [0.25, 0.3) is 0 Å². The van der Waals surface area contributed by atoms with E-state index in [0.29, 0.717) is 0 Å². The lowest BCUT2D eigenvalue weighted by Gasteiger charge is -2.02. The van der Waals surface area contributed by atoms with Crippen LogP contribution in [0.3, 0.4) is 0 Å². The summed E-state index contributed by atoms with van der Waals surface area (Å²) in [6.07, 6.45) is 1.37. The Kier molecular flexibility index (Phi) is 2.28. The molecule has 0 amide bonds. The Bertz CT molecular complexity index is 271. The van der Waals surface area contributed by atoms with Crippen LogP contribution in [-0.2, 0) is 0 Å². The number of hydrogen-bond donors (Lipinski definition) is 1. The molecule has 0 spiro atoms. The highest BCUT2D eigenvalue weighted by molar-refractivity contribution is 7.15. The van der Waals surface area contributed by atoms with Gasteiger partial charge in [-0.15, -0.1) is 11.3 Å². The van der Waals surface area contributed by atoms with Gasteiger partial charge in [0.1, 0.15) is 4.34 Å². The maximum Gasteiger partial charge on any atom is 0.116 e. The van der Waals surface area contributed by atoms with Crippen LogP contribution in [0.5, 0.6) is 0 Å². The summed E-state index contributed by atoms with van der Waals surface area (Å²) in [5.74, 6) is 1.79. The average molecular weight is 202 g/mol. The maximum atomic E-state index is 5.94. The quantitative estimate of drug-likeness (QED) is 0.790. The molecule has 0 radical (unpaired) electrons. The van der Waals surface area contributed by atoms with Gasteiger partial charge >= 0.3 is 0 Å². The lowest BCUT2D eigenvalue weighted by atomic mass is 10.3. The summed E-state index contributed by atoms with van der Waals surface area (Å²) in [5.41, 5.74) is 1.10. The lowest BCUT2D eigenvalue weighted by Crippen LogP contribution is -2.03. The monoisotopic (exact) mass is 201 g/mol. The van der Waals surface area contributed by atoms with E-state index in [0.717, 1.165) is 28.4 Å². The van der Waals surface area contributed by atoms with E-state index >= 15 is 0 Å². The van der Waals surface area contributed by atoms with Crippen molar-refractivity contribution in [2.45, 2.75) is 13.3 Å². The Balaban J connectivity index is 1.84. The van der Waals surface area contributed by atoms with Crippen molar-refractivity contribution < 1.29 is 0 Å². The van der Waals surface area contributed by atoms with E-state index < -0.39 is 0 Å². The van der Waals surface area contributed by atoms with Gasteiger partial charge in [0.15, 0.2) is 0 Å². The van der Waals surface area contributed by atoms with Crippen LogP contribution in [0.1, 0.15) is 13.3 Å². The minimum Gasteiger partial charge on any atom is -0.383 e. The summed E-state index contributed by atoms with van der Waals surface area (Å²) in [7, 11) is 0. The zero-order valence-electron chi connectivity index (χ0n) is 7.01. The number of anilines is 1. The van der Waals surface area contributed by atoms with Gasteiger partial charge in [-0.05, 0) is 29.7 Å². The van der Waals surface area contributed by atoms with Crippen LogP contribution in [0.4, 0.5) is 5.69 Å². The van der Waals surface area contributed by atoms with Crippen LogP contribution in [0, 0.1) is 11.8 Å². The molecule has 2 atom stereocenters. The van der Waals surface area contributed by atoms with Crippen LogP contribution in [-0.4, -0.2) is 6.54 Å². The normalized spacial score (nSPS) is 27.2. The van der Waals surface area contributed by atoms with Crippen LogP contribution < -0.4 is 5.32 Å². The first-order chi connectivity index (χ1) is 5.77. The van der Waals surface area contributed by atoms with Gasteiger partial charge in [-0.25, -0.2) is 0 Å². The van der Waals surface area contributed by atoms with Gasteiger partial charge < -0.3 is 5.32 Å². The molecule has 3 heteroatoms. The van der Waals surface area contributed by atoms with E-state index in [1.165, 1.54) is 6.42 Å². The standard InChI is InChI=1S/C9H12ClNS/c1-6-4-7(6)5-11-8-2-3-12-9(8)10/h2-3,6-7,11H,4-5H2,1H3. The van der Waals surface area contributed by atoms with Gasteiger partial charge in [0.2, 0.25) is 0 Å². The molecule has 1 N–H and O–H groups in total. The third-order valence-corrected chi connectivity index (χ3v) is 3.62. The van der Waals surface area contributed by atoms with Crippen LogP contribution in [0.25, 0.3) is 0 Å². The van der Waals surface area contributed by atoms with Crippen LogP contribution in [0.2, 0.25) is 4.34 Å². The maximum absolute atomic E-state index is 5.94. The summed E-state index contributed by atoms with van der Waals surface area (Å²) in [5, 5.41) is 5.38. The molecule has 2 rings (SSSR count). The second-order valence-corrected chi connectivity index (χ2v) is 4.98. The van der Waals surface area contributed by atoms with E-state index in [2.05, 4.69) is 12.2 Å². The predicted octanol–water partition coefficient (Wildman–Crippen LogP) is 3.47. The van der Waals surface area contributed by atoms with Crippen molar-refractivity contribution in [1.29, 1.82) is 0 Å². The highest BCUT2D eigenvalue weighted by atomic mass is 35.5. The highest BCUT2D eigenvalue weighted by Gasteiger charge is 2.31. The Morgan fingerprint density at radius 1 is 1.75 bits per heavy atom. The van der Waals surface area contributed by atoms with Crippen molar-refractivity contribution in [3.8, 4) is 0 Å². The largest absolute Gasteiger partial charge is 0.383 e. The third kappa shape index (κ3) is 1.75. The Hall–Kier alpha value is -0.210. The van der Waals surface area contributed by atoms with Crippen molar-refractivity contribution in [3.05, 3.63) is 15.8 Å². The fraction of sp³-hybridized carbons (Fsp3) is 0.556. The third-order valence-electron chi connectivity index (χ3n) is 2.45. The summed E-state index contributed by atoms with van der Waals surface area (Å²) in [4.78, 5) is 0. The second kappa shape index (κ2) is 3.27. The molecule has 1 fully saturated rings. The molecule has 0 aromatic carbocycles. The molecule has 12 heavy (non-hydrogen) atoms. The zero-order valence-corrected chi connectivity index (χ0v) is 8.58. The number of rotatable bonds is 3. The van der Waals surface area contributed by atoms with E-state index in [-0.39, 0.29) is 0 Å².